The van der Waals surface area contributed by atoms with Gasteiger partial charge in [0, 0.05) is 0 Å². The van der Waals surface area contributed by atoms with Crippen molar-refractivity contribution in [3.63, 3.8) is 0 Å². The summed E-state index contributed by atoms with van der Waals surface area (Å²) in [6, 6.07) is 24.8. The zero-order valence-electron chi connectivity index (χ0n) is 16.1. The van der Waals surface area contributed by atoms with Crippen LogP contribution in [0.5, 0.6) is 11.5 Å². The summed E-state index contributed by atoms with van der Waals surface area (Å²) in [6.45, 7) is 4.56. The lowest BCUT2D eigenvalue weighted by Crippen LogP contribution is -2.12. The van der Waals surface area contributed by atoms with Crippen molar-refractivity contribution in [3.05, 3.63) is 95.6 Å². The van der Waals surface area contributed by atoms with Gasteiger partial charge < -0.3 is 14.2 Å². The van der Waals surface area contributed by atoms with Crippen LogP contribution in [0.4, 0.5) is 0 Å². The number of hydrogen-bond donors (Lipinski definition) is 0. The highest BCUT2D eigenvalue weighted by atomic mass is 16.5. The van der Waals surface area contributed by atoms with Crippen molar-refractivity contribution in [2.45, 2.75) is 33.2 Å². The molecule has 4 nitrogen and oxygen atoms in total. The van der Waals surface area contributed by atoms with Crippen LogP contribution in [0, 0.1) is 0 Å². The van der Waals surface area contributed by atoms with Crippen molar-refractivity contribution in [1.29, 1.82) is 0 Å². The number of carbonyl (C=O) groups excluding carboxylic acids is 1. The Morgan fingerprint density at radius 1 is 0.750 bits per heavy atom. The highest BCUT2D eigenvalue weighted by Crippen LogP contribution is 2.20. The van der Waals surface area contributed by atoms with E-state index in [9.17, 15) is 4.79 Å². The van der Waals surface area contributed by atoms with E-state index in [2.05, 4.69) is 0 Å². The molecule has 144 valence electrons. The summed E-state index contributed by atoms with van der Waals surface area (Å²) in [6.07, 6.45) is -0.143. The Morgan fingerprint density at radius 3 is 1.93 bits per heavy atom. The Bertz CT molecular complexity index is 886. The van der Waals surface area contributed by atoms with Gasteiger partial charge in [-0.3, -0.25) is 0 Å². The van der Waals surface area contributed by atoms with Gasteiger partial charge in [-0.1, -0.05) is 42.5 Å². The number of ether oxygens (including phenoxy) is 3. The van der Waals surface area contributed by atoms with Gasteiger partial charge in [-0.05, 0) is 61.4 Å². The highest BCUT2D eigenvalue weighted by Gasteiger charge is 2.09. The lowest BCUT2D eigenvalue weighted by atomic mass is 10.1. The van der Waals surface area contributed by atoms with Crippen LogP contribution in [0.25, 0.3) is 0 Å². The summed E-state index contributed by atoms with van der Waals surface area (Å²) >= 11 is 0. The van der Waals surface area contributed by atoms with Crippen LogP contribution in [0.2, 0.25) is 0 Å². The smallest absolute Gasteiger partial charge is 0.338 e. The van der Waals surface area contributed by atoms with Gasteiger partial charge >= 0.3 is 5.97 Å². The summed E-state index contributed by atoms with van der Waals surface area (Å²) < 4.78 is 16.8. The van der Waals surface area contributed by atoms with Gasteiger partial charge in [0.2, 0.25) is 0 Å². The summed E-state index contributed by atoms with van der Waals surface area (Å²) in [5.74, 6) is 1.20. The predicted molar refractivity (Wildman–Crippen MR) is 109 cm³/mol. The third kappa shape index (κ3) is 5.88. The summed E-state index contributed by atoms with van der Waals surface area (Å²) in [5, 5.41) is 0. The van der Waals surface area contributed by atoms with Gasteiger partial charge in [-0.15, -0.1) is 0 Å². The minimum absolute atomic E-state index is 0.143. The minimum Gasteiger partial charge on any atom is -0.489 e. The predicted octanol–water partition coefficient (Wildman–Crippen LogP) is 5.41. The maximum Gasteiger partial charge on any atom is 0.338 e. The second kappa shape index (κ2) is 9.60. The number of hydrogen-bond acceptors (Lipinski definition) is 4. The number of esters is 1. The molecule has 0 aromatic heterocycles. The van der Waals surface area contributed by atoms with Crippen molar-refractivity contribution < 1.29 is 19.0 Å². The zero-order chi connectivity index (χ0) is 19.8. The maximum atomic E-state index is 12.0. The molecule has 0 aliphatic rings. The fraction of sp³-hybridized carbons (Fsp3) is 0.208. The molecule has 0 atom stereocenters. The van der Waals surface area contributed by atoms with E-state index in [0.717, 1.165) is 22.6 Å². The van der Waals surface area contributed by atoms with E-state index in [1.54, 1.807) is 12.1 Å². The monoisotopic (exact) mass is 376 g/mol. The molecule has 0 radical (unpaired) electrons. The fourth-order valence-electron chi connectivity index (χ4n) is 2.61. The molecular formula is C24H24O4. The second-order valence-corrected chi connectivity index (χ2v) is 6.69. The molecule has 0 N–H and O–H groups in total. The first-order chi connectivity index (χ1) is 13.6. The molecule has 0 saturated carbocycles. The van der Waals surface area contributed by atoms with E-state index in [-0.39, 0.29) is 12.1 Å². The van der Waals surface area contributed by atoms with Crippen LogP contribution in [0.1, 0.15) is 35.3 Å². The Hall–Kier alpha value is -3.27. The second-order valence-electron chi connectivity index (χ2n) is 6.69. The van der Waals surface area contributed by atoms with E-state index in [4.69, 9.17) is 14.2 Å². The lowest BCUT2D eigenvalue weighted by molar-refractivity contribution is 0.0377. The highest BCUT2D eigenvalue weighted by molar-refractivity contribution is 5.89. The number of rotatable bonds is 8. The molecule has 0 unspecified atom stereocenters. The molecule has 0 saturated heterocycles. The lowest BCUT2D eigenvalue weighted by Gasteiger charge is -2.11. The van der Waals surface area contributed by atoms with Crippen LogP contribution in [-0.4, -0.2) is 12.1 Å². The third-order valence-corrected chi connectivity index (χ3v) is 3.98. The van der Waals surface area contributed by atoms with Crippen LogP contribution >= 0.6 is 0 Å². The van der Waals surface area contributed by atoms with Crippen LogP contribution < -0.4 is 9.47 Å². The molecule has 0 spiro atoms. The van der Waals surface area contributed by atoms with Gasteiger partial charge in [-0.25, -0.2) is 4.79 Å². The molecule has 28 heavy (non-hydrogen) atoms. The van der Waals surface area contributed by atoms with Gasteiger partial charge in [0.25, 0.3) is 0 Å². The first-order valence-corrected chi connectivity index (χ1v) is 9.29. The summed E-state index contributed by atoms with van der Waals surface area (Å²) in [5.41, 5.74) is 2.56. The van der Waals surface area contributed by atoms with E-state index in [1.807, 2.05) is 80.6 Å². The van der Waals surface area contributed by atoms with E-state index in [0.29, 0.717) is 18.8 Å². The van der Waals surface area contributed by atoms with Gasteiger partial charge in [0.1, 0.15) is 24.7 Å². The molecule has 0 aliphatic heterocycles. The molecule has 0 bridgehead atoms. The molecule has 4 heteroatoms. The quantitative estimate of drug-likeness (QED) is 0.493. The fourth-order valence-corrected chi connectivity index (χ4v) is 2.61. The van der Waals surface area contributed by atoms with Crippen LogP contribution in [-0.2, 0) is 18.0 Å². The van der Waals surface area contributed by atoms with Crippen molar-refractivity contribution in [2.75, 3.05) is 0 Å². The zero-order valence-corrected chi connectivity index (χ0v) is 16.1. The summed E-state index contributed by atoms with van der Waals surface area (Å²) in [7, 11) is 0. The molecule has 0 heterocycles. The SMILES string of the molecule is CC(C)OC(=O)c1cccc(COc2ccc(OCc3ccccc3)cc2)c1. The van der Waals surface area contributed by atoms with Crippen LogP contribution in [0.15, 0.2) is 78.9 Å². The van der Waals surface area contributed by atoms with E-state index < -0.39 is 0 Å². The molecule has 0 aliphatic carbocycles. The number of benzene rings is 3. The Labute approximate surface area is 165 Å². The first kappa shape index (κ1) is 19.5. The largest absolute Gasteiger partial charge is 0.489 e. The average Bonchev–Trinajstić information content (AvgIpc) is 2.72. The third-order valence-electron chi connectivity index (χ3n) is 3.98. The number of carbonyl (C=O) groups is 1. The van der Waals surface area contributed by atoms with Gasteiger partial charge in [-0.2, -0.15) is 0 Å². The average molecular weight is 376 g/mol. The van der Waals surface area contributed by atoms with Crippen LogP contribution in [0.3, 0.4) is 0 Å². The Morgan fingerprint density at radius 2 is 1.32 bits per heavy atom. The molecule has 0 amide bonds. The van der Waals surface area contributed by atoms with E-state index in [1.165, 1.54) is 0 Å². The Kier molecular flexibility index (Phi) is 6.68. The van der Waals surface area contributed by atoms with E-state index >= 15 is 0 Å². The molecule has 0 fully saturated rings. The maximum absolute atomic E-state index is 12.0. The standard InChI is InChI=1S/C24H24O4/c1-18(2)28-24(25)21-10-6-9-20(15-21)17-27-23-13-11-22(12-14-23)26-16-19-7-4-3-5-8-19/h3-15,18H,16-17H2,1-2H3. The molecular weight excluding hydrogens is 352 g/mol. The van der Waals surface area contributed by atoms with Crippen molar-refractivity contribution in [1.82, 2.24) is 0 Å². The minimum atomic E-state index is -0.322. The summed E-state index contributed by atoms with van der Waals surface area (Å²) in [4.78, 5) is 12.0. The van der Waals surface area contributed by atoms with Crippen molar-refractivity contribution in [3.8, 4) is 11.5 Å². The molecule has 3 rings (SSSR count). The van der Waals surface area contributed by atoms with Gasteiger partial charge in [0.05, 0.1) is 11.7 Å². The Balaban J connectivity index is 1.53. The first-order valence-electron chi connectivity index (χ1n) is 9.29. The molecule has 3 aromatic rings. The van der Waals surface area contributed by atoms with Crippen molar-refractivity contribution >= 4 is 5.97 Å². The topological polar surface area (TPSA) is 44.8 Å². The molecule has 3 aromatic carbocycles. The normalized spacial score (nSPS) is 10.5. The van der Waals surface area contributed by atoms with Gasteiger partial charge in [0.15, 0.2) is 0 Å². The van der Waals surface area contributed by atoms with Crippen molar-refractivity contribution in [2.24, 2.45) is 0 Å².